The molecule has 30 heavy (non-hydrogen) atoms. The molecule has 2 bridgehead atoms. The minimum Gasteiger partial charge on any atom is -0.508 e. The van der Waals surface area contributed by atoms with Crippen LogP contribution in [0.2, 0.25) is 0 Å². The van der Waals surface area contributed by atoms with Crippen LogP contribution in [-0.2, 0) is 11.8 Å². The predicted molar refractivity (Wildman–Crippen MR) is 114 cm³/mol. The second kappa shape index (κ2) is 7.32. The number of hydrogen-bond acceptors (Lipinski definition) is 4. The van der Waals surface area contributed by atoms with Crippen molar-refractivity contribution in [3.05, 3.63) is 59.2 Å². The topological polar surface area (TPSA) is 93.1 Å². The molecule has 158 valence electrons. The Labute approximate surface area is 175 Å². The summed E-state index contributed by atoms with van der Waals surface area (Å²) in [5.41, 5.74) is 2.79. The minimum atomic E-state index is -1.00. The molecule has 4 rings (SSSR count). The van der Waals surface area contributed by atoms with E-state index < -0.39 is 5.97 Å². The van der Waals surface area contributed by atoms with E-state index in [2.05, 4.69) is 24.2 Å². The van der Waals surface area contributed by atoms with E-state index in [1.165, 1.54) is 17.7 Å². The molecule has 3 N–H and O–H groups in total. The number of phenolic OH excluding ortho intramolecular Hbond substituents is 1. The molecule has 7 heteroatoms. The highest BCUT2D eigenvalue weighted by atomic mass is 16.4. The van der Waals surface area contributed by atoms with Crippen LogP contribution in [0.15, 0.2) is 42.5 Å². The van der Waals surface area contributed by atoms with E-state index in [4.69, 9.17) is 5.11 Å². The lowest BCUT2D eigenvalue weighted by atomic mass is 9.61. The first-order valence-electron chi connectivity index (χ1n) is 10.1. The van der Waals surface area contributed by atoms with Gasteiger partial charge in [0.2, 0.25) is 0 Å². The van der Waals surface area contributed by atoms with Gasteiger partial charge in [0.25, 0.3) is 0 Å². The van der Waals surface area contributed by atoms with Crippen molar-refractivity contribution in [3.63, 3.8) is 0 Å². The number of carbonyl (C=O) groups excluding carboxylic acids is 1. The Morgan fingerprint density at radius 2 is 1.90 bits per heavy atom. The predicted octanol–water partition coefficient (Wildman–Crippen LogP) is 3.14. The fourth-order valence-electron chi connectivity index (χ4n) is 5.17. The van der Waals surface area contributed by atoms with Gasteiger partial charge in [0.05, 0.1) is 11.6 Å². The van der Waals surface area contributed by atoms with Gasteiger partial charge in [-0.05, 0) is 74.0 Å². The monoisotopic (exact) mass is 409 g/mol. The molecule has 1 unspecified atom stereocenters. The molecule has 1 aliphatic heterocycles. The van der Waals surface area contributed by atoms with E-state index in [-0.39, 0.29) is 34.8 Å². The van der Waals surface area contributed by atoms with Gasteiger partial charge in [-0.1, -0.05) is 13.0 Å². The maximum absolute atomic E-state index is 13.1. The number of anilines is 1. The summed E-state index contributed by atoms with van der Waals surface area (Å²) in [6, 6.07) is 11.6. The molecule has 0 radical (unpaired) electrons. The van der Waals surface area contributed by atoms with Gasteiger partial charge in [-0.2, -0.15) is 0 Å². The van der Waals surface area contributed by atoms with Crippen LogP contribution in [0.4, 0.5) is 10.5 Å². The molecule has 0 aromatic heterocycles. The first kappa shape index (κ1) is 20.2. The van der Waals surface area contributed by atoms with Crippen molar-refractivity contribution in [1.82, 2.24) is 9.80 Å². The quantitative estimate of drug-likeness (QED) is 0.724. The number of urea groups is 1. The molecular formula is C23H27N3O4. The van der Waals surface area contributed by atoms with E-state index in [0.717, 1.165) is 24.9 Å². The summed E-state index contributed by atoms with van der Waals surface area (Å²) in [5.74, 6) is -0.755. The third-order valence-corrected chi connectivity index (χ3v) is 6.83. The van der Waals surface area contributed by atoms with E-state index >= 15 is 0 Å². The lowest BCUT2D eigenvalue weighted by Crippen LogP contribution is -2.67. The van der Waals surface area contributed by atoms with Gasteiger partial charge in [-0.25, -0.2) is 9.59 Å². The normalized spacial score (nSPS) is 25.3. The van der Waals surface area contributed by atoms with Crippen molar-refractivity contribution in [3.8, 4) is 5.75 Å². The second-order valence-corrected chi connectivity index (χ2v) is 8.63. The molecule has 1 saturated heterocycles. The Hall–Kier alpha value is -3.06. The zero-order chi connectivity index (χ0) is 21.6. The number of carbonyl (C=O) groups is 2. The van der Waals surface area contributed by atoms with Gasteiger partial charge in [0.1, 0.15) is 5.75 Å². The maximum atomic E-state index is 13.1. The smallest absolute Gasteiger partial charge is 0.335 e. The standard InChI is InChI=1S/C23H27N3O4/c1-23-10-11-25(2)19(12-15-6-9-17(27)13-18(15)23)20(23)26(3)22(30)24-16-7-4-14(5-8-16)21(28)29/h4-9,13,19-20,27H,10-12H2,1-3H3,(H,24,30)(H,28,29)/t19?,20-,23-/m1/s1. The number of aromatic carboxylic acids is 1. The molecule has 1 heterocycles. The van der Waals surface area contributed by atoms with Crippen LogP contribution in [0, 0.1) is 0 Å². The summed E-state index contributed by atoms with van der Waals surface area (Å²) >= 11 is 0. The number of nitrogens with one attached hydrogen (secondary N) is 1. The first-order chi connectivity index (χ1) is 14.2. The molecular weight excluding hydrogens is 382 g/mol. The van der Waals surface area contributed by atoms with E-state index in [1.54, 1.807) is 23.1 Å². The maximum Gasteiger partial charge on any atom is 0.335 e. The van der Waals surface area contributed by atoms with Gasteiger partial charge in [0.15, 0.2) is 0 Å². The van der Waals surface area contributed by atoms with E-state index in [0.29, 0.717) is 5.69 Å². The largest absolute Gasteiger partial charge is 0.508 e. The van der Waals surface area contributed by atoms with Gasteiger partial charge in [0, 0.05) is 24.2 Å². The molecule has 1 aliphatic carbocycles. The van der Waals surface area contributed by atoms with Gasteiger partial charge >= 0.3 is 12.0 Å². The van der Waals surface area contributed by atoms with Crippen molar-refractivity contribution in [2.24, 2.45) is 0 Å². The van der Waals surface area contributed by atoms with Crippen molar-refractivity contribution >= 4 is 17.7 Å². The number of likely N-dealkylation sites (N-methyl/N-ethyl adjacent to an activating group) is 2. The summed E-state index contributed by atoms with van der Waals surface area (Å²) in [6.07, 6.45) is 1.70. The van der Waals surface area contributed by atoms with Gasteiger partial charge in [-0.15, -0.1) is 0 Å². The third kappa shape index (κ3) is 3.29. The Bertz CT molecular complexity index is 990. The zero-order valence-corrected chi connectivity index (χ0v) is 17.4. The molecule has 0 saturated carbocycles. The number of piperidine rings is 1. The Morgan fingerprint density at radius 3 is 2.57 bits per heavy atom. The lowest BCUT2D eigenvalue weighted by molar-refractivity contribution is 0.0213. The van der Waals surface area contributed by atoms with Crippen LogP contribution in [0.5, 0.6) is 5.75 Å². The summed E-state index contributed by atoms with van der Waals surface area (Å²) in [6.45, 7) is 3.11. The van der Waals surface area contributed by atoms with Crippen LogP contribution in [-0.4, -0.2) is 64.7 Å². The Kier molecular flexibility index (Phi) is 4.94. The SMILES string of the molecule is CN1CC[C@]2(C)c3cc(O)ccc3CC1[C@H]2N(C)C(=O)Nc1ccc(C(=O)O)cc1. The molecule has 2 aromatic rings. The molecule has 2 aliphatic rings. The molecule has 7 nitrogen and oxygen atoms in total. The lowest BCUT2D eigenvalue weighted by Gasteiger charge is -2.57. The number of hydrogen-bond donors (Lipinski definition) is 3. The van der Waals surface area contributed by atoms with Gasteiger partial charge < -0.3 is 25.3 Å². The van der Waals surface area contributed by atoms with Crippen molar-refractivity contribution < 1.29 is 19.8 Å². The second-order valence-electron chi connectivity index (χ2n) is 8.63. The first-order valence-corrected chi connectivity index (χ1v) is 10.1. The molecule has 2 aromatic carbocycles. The summed E-state index contributed by atoms with van der Waals surface area (Å²) in [5, 5.41) is 22.0. The number of likely N-dealkylation sites (tertiary alicyclic amines) is 1. The summed E-state index contributed by atoms with van der Waals surface area (Å²) in [4.78, 5) is 28.2. The molecule has 3 atom stereocenters. The fourth-order valence-corrected chi connectivity index (χ4v) is 5.17. The van der Waals surface area contributed by atoms with Crippen molar-refractivity contribution in [1.29, 1.82) is 0 Å². The number of nitrogens with zero attached hydrogens (tertiary/aromatic N) is 2. The molecule has 0 spiro atoms. The van der Waals surface area contributed by atoms with Crippen LogP contribution < -0.4 is 5.32 Å². The number of aromatic hydroxyl groups is 1. The van der Waals surface area contributed by atoms with Crippen LogP contribution >= 0.6 is 0 Å². The highest BCUT2D eigenvalue weighted by Crippen LogP contribution is 2.47. The zero-order valence-electron chi connectivity index (χ0n) is 17.4. The highest BCUT2D eigenvalue weighted by molar-refractivity contribution is 5.91. The van der Waals surface area contributed by atoms with Crippen LogP contribution in [0.1, 0.15) is 34.8 Å². The van der Waals surface area contributed by atoms with E-state index in [1.807, 2.05) is 19.2 Å². The number of phenols is 1. The van der Waals surface area contributed by atoms with Crippen molar-refractivity contribution in [2.45, 2.75) is 37.3 Å². The number of benzene rings is 2. The average Bonchev–Trinajstić information content (AvgIpc) is 2.71. The highest BCUT2D eigenvalue weighted by Gasteiger charge is 2.52. The van der Waals surface area contributed by atoms with Gasteiger partial charge in [-0.3, -0.25) is 0 Å². The summed E-state index contributed by atoms with van der Waals surface area (Å²) < 4.78 is 0. The Morgan fingerprint density at radius 1 is 1.20 bits per heavy atom. The minimum absolute atomic E-state index is 0.0659. The number of fused-ring (bicyclic) bond motifs is 4. The number of amides is 2. The fraction of sp³-hybridized carbons (Fsp3) is 0.391. The van der Waals surface area contributed by atoms with Crippen LogP contribution in [0.25, 0.3) is 0 Å². The van der Waals surface area contributed by atoms with Crippen LogP contribution in [0.3, 0.4) is 0 Å². The molecule has 2 amide bonds. The van der Waals surface area contributed by atoms with E-state index in [9.17, 15) is 14.7 Å². The Balaban J connectivity index is 1.63. The third-order valence-electron chi connectivity index (χ3n) is 6.83. The van der Waals surface area contributed by atoms with Crippen molar-refractivity contribution in [2.75, 3.05) is 26.0 Å². The number of carboxylic acids is 1. The summed E-state index contributed by atoms with van der Waals surface area (Å²) in [7, 11) is 3.91. The average molecular weight is 409 g/mol. The molecule has 1 fully saturated rings. The number of carboxylic acid groups (broad SMARTS) is 1. The number of rotatable bonds is 3.